The van der Waals surface area contributed by atoms with Crippen molar-refractivity contribution in [2.24, 2.45) is 0 Å². The lowest BCUT2D eigenvalue weighted by molar-refractivity contribution is -0.116. The van der Waals surface area contributed by atoms with Gasteiger partial charge in [-0.3, -0.25) is 9.78 Å². The monoisotopic (exact) mass is 332 g/mol. The predicted molar refractivity (Wildman–Crippen MR) is 98.8 cm³/mol. The van der Waals surface area contributed by atoms with Gasteiger partial charge in [-0.25, -0.2) is 0 Å². The molecule has 1 heterocycles. The van der Waals surface area contributed by atoms with Crippen LogP contribution in [0.4, 0.5) is 5.69 Å². The second-order valence-electron chi connectivity index (χ2n) is 5.54. The Kier molecular flexibility index (Phi) is 5.42. The molecule has 0 bridgehead atoms. The van der Waals surface area contributed by atoms with Crippen LogP contribution in [0.5, 0.6) is 5.75 Å². The van der Waals surface area contributed by atoms with Gasteiger partial charge >= 0.3 is 0 Å². The maximum Gasteiger partial charge on any atom is 0.237 e. The predicted octanol–water partition coefficient (Wildman–Crippen LogP) is 4.25. The van der Waals surface area contributed by atoms with Crippen molar-refractivity contribution < 1.29 is 9.53 Å². The van der Waals surface area contributed by atoms with Crippen molar-refractivity contribution in [2.45, 2.75) is 12.8 Å². The Bertz CT molecular complexity index is 763. The molecule has 0 saturated carbocycles. The minimum Gasteiger partial charge on any atom is -0.494 e. The van der Waals surface area contributed by atoms with E-state index in [1.54, 1.807) is 6.20 Å². The molecule has 1 amide bonds. The van der Waals surface area contributed by atoms with Gasteiger partial charge in [-0.1, -0.05) is 36.4 Å². The summed E-state index contributed by atoms with van der Waals surface area (Å²) in [6.07, 6.45) is 1.70. The molecule has 1 atom stereocenters. The van der Waals surface area contributed by atoms with Crippen LogP contribution in [0.2, 0.25) is 0 Å². The molecule has 3 rings (SSSR count). The van der Waals surface area contributed by atoms with Gasteiger partial charge in [0.15, 0.2) is 0 Å². The van der Waals surface area contributed by atoms with Crippen molar-refractivity contribution in [3.05, 3.63) is 90.3 Å². The van der Waals surface area contributed by atoms with Gasteiger partial charge < -0.3 is 10.1 Å². The highest BCUT2D eigenvalue weighted by Crippen LogP contribution is 2.25. The lowest BCUT2D eigenvalue weighted by Crippen LogP contribution is -2.23. The zero-order valence-corrected chi connectivity index (χ0v) is 14.1. The van der Waals surface area contributed by atoms with Crippen LogP contribution >= 0.6 is 0 Å². The highest BCUT2D eigenvalue weighted by atomic mass is 16.5. The van der Waals surface area contributed by atoms with Gasteiger partial charge in [0.25, 0.3) is 0 Å². The zero-order valence-electron chi connectivity index (χ0n) is 14.1. The number of pyridine rings is 1. The fraction of sp³-hybridized carbons (Fsp3) is 0.143. The summed E-state index contributed by atoms with van der Waals surface area (Å²) in [4.78, 5) is 17.3. The van der Waals surface area contributed by atoms with Gasteiger partial charge in [0.2, 0.25) is 5.91 Å². The van der Waals surface area contributed by atoms with Crippen LogP contribution < -0.4 is 10.1 Å². The summed E-state index contributed by atoms with van der Waals surface area (Å²) < 4.78 is 5.43. The van der Waals surface area contributed by atoms with Crippen molar-refractivity contribution in [3.8, 4) is 5.75 Å². The maximum absolute atomic E-state index is 12.9. The quantitative estimate of drug-likeness (QED) is 0.734. The lowest BCUT2D eigenvalue weighted by atomic mass is 9.94. The van der Waals surface area contributed by atoms with E-state index < -0.39 is 5.92 Å². The summed E-state index contributed by atoms with van der Waals surface area (Å²) in [7, 11) is 0. The second-order valence-corrected chi connectivity index (χ2v) is 5.54. The third-order valence-corrected chi connectivity index (χ3v) is 3.81. The maximum atomic E-state index is 12.9. The Balaban J connectivity index is 1.84. The van der Waals surface area contributed by atoms with E-state index in [1.165, 1.54) is 0 Å². The zero-order chi connectivity index (χ0) is 17.5. The number of carbonyl (C=O) groups is 1. The molecule has 0 aliphatic carbocycles. The van der Waals surface area contributed by atoms with E-state index in [0.29, 0.717) is 6.61 Å². The number of nitrogens with one attached hydrogen (secondary N) is 1. The second kappa shape index (κ2) is 8.11. The standard InChI is InChI=1S/C21H20N2O2/c1-2-25-18-13-11-17(12-14-18)23-21(24)20(16-8-4-3-5-9-16)19-10-6-7-15-22-19/h3-15,20H,2H2,1H3,(H,23,24). The fourth-order valence-corrected chi connectivity index (χ4v) is 2.66. The molecule has 0 spiro atoms. The fourth-order valence-electron chi connectivity index (χ4n) is 2.66. The smallest absolute Gasteiger partial charge is 0.237 e. The number of anilines is 1. The first kappa shape index (κ1) is 16.7. The number of rotatable bonds is 6. The van der Waals surface area contributed by atoms with Gasteiger partial charge in [0.05, 0.1) is 12.3 Å². The van der Waals surface area contributed by atoms with Crippen LogP contribution in [-0.2, 0) is 4.79 Å². The average Bonchev–Trinajstić information content (AvgIpc) is 2.66. The Morgan fingerprint density at radius 2 is 1.72 bits per heavy atom. The van der Waals surface area contributed by atoms with Crippen LogP contribution in [0, 0.1) is 0 Å². The number of benzene rings is 2. The largest absolute Gasteiger partial charge is 0.494 e. The Morgan fingerprint density at radius 3 is 2.36 bits per heavy atom. The molecule has 0 saturated heterocycles. The van der Waals surface area contributed by atoms with Gasteiger partial charge in [0, 0.05) is 11.9 Å². The van der Waals surface area contributed by atoms with E-state index in [0.717, 1.165) is 22.7 Å². The molecular formula is C21H20N2O2. The number of hydrogen-bond acceptors (Lipinski definition) is 3. The van der Waals surface area contributed by atoms with Crippen molar-refractivity contribution in [1.82, 2.24) is 4.98 Å². The first-order valence-corrected chi connectivity index (χ1v) is 8.27. The number of ether oxygens (including phenoxy) is 1. The number of carbonyl (C=O) groups excluding carboxylic acids is 1. The number of amides is 1. The van der Waals surface area contributed by atoms with E-state index in [1.807, 2.05) is 79.7 Å². The Morgan fingerprint density at radius 1 is 1.00 bits per heavy atom. The molecule has 4 nitrogen and oxygen atoms in total. The molecule has 0 fully saturated rings. The van der Waals surface area contributed by atoms with Crippen LogP contribution in [0.15, 0.2) is 79.0 Å². The summed E-state index contributed by atoms with van der Waals surface area (Å²) in [6, 6.07) is 22.6. The number of aromatic nitrogens is 1. The number of hydrogen-bond donors (Lipinski definition) is 1. The molecule has 2 aromatic carbocycles. The van der Waals surface area contributed by atoms with Gasteiger partial charge in [-0.2, -0.15) is 0 Å². The molecule has 25 heavy (non-hydrogen) atoms. The summed E-state index contributed by atoms with van der Waals surface area (Å²) in [6.45, 7) is 2.55. The van der Waals surface area contributed by atoms with Gasteiger partial charge in [0.1, 0.15) is 11.7 Å². The first-order chi connectivity index (χ1) is 12.3. The minimum atomic E-state index is -0.464. The SMILES string of the molecule is CCOc1ccc(NC(=O)C(c2ccccc2)c2ccccn2)cc1. The van der Waals surface area contributed by atoms with Crippen LogP contribution in [-0.4, -0.2) is 17.5 Å². The van der Waals surface area contributed by atoms with Crippen LogP contribution in [0.25, 0.3) is 0 Å². The lowest BCUT2D eigenvalue weighted by Gasteiger charge is -2.17. The van der Waals surface area contributed by atoms with Crippen LogP contribution in [0.3, 0.4) is 0 Å². The molecular weight excluding hydrogens is 312 g/mol. The minimum absolute atomic E-state index is 0.117. The molecule has 126 valence electrons. The summed E-state index contributed by atoms with van der Waals surface area (Å²) in [5.41, 5.74) is 2.35. The first-order valence-electron chi connectivity index (χ1n) is 8.27. The van der Waals surface area contributed by atoms with Crippen molar-refractivity contribution in [2.75, 3.05) is 11.9 Å². The topological polar surface area (TPSA) is 51.2 Å². The highest BCUT2D eigenvalue weighted by molar-refractivity contribution is 5.97. The van der Waals surface area contributed by atoms with E-state index in [9.17, 15) is 4.79 Å². The summed E-state index contributed by atoms with van der Waals surface area (Å²) in [5.74, 6) is 0.202. The van der Waals surface area contributed by atoms with E-state index in [4.69, 9.17) is 4.74 Å². The Labute approximate surface area is 147 Å². The molecule has 3 aromatic rings. The summed E-state index contributed by atoms with van der Waals surface area (Å²) >= 11 is 0. The molecule has 1 N–H and O–H groups in total. The summed E-state index contributed by atoms with van der Waals surface area (Å²) in [5, 5.41) is 2.97. The molecule has 0 radical (unpaired) electrons. The van der Waals surface area contributed by atoms with E-state index in [2.05, 4.69) is 10.3 Å². The van der Waals surface area contributed by atoms with Gasteiger partial charge in [-0.05, 0) is 48.9 Å². The van der Waals surface area contributed by atoms with Crippen molar-refractivity contribution in [1.29, 1.82) is 0 Å². The van der Waals surface area contributed by atoms with E-state index in [-0.39, 0.29) is 5.91 Å². The third kappa shape index (κ3) is 4.23. The molecule has 1 unspecified atom stereocenters. The number of nitrogens with zero attached hydrogens (tertiary/aromatic N) is 1. The van der Waals surface area contributed by atoms with Crippen LogP contribution in [0.1, 0.15) is 24.1 Å². The van der Waals surface area contributed by atoms with E-state index >= 15 is 0 Å². The van der Waals surface area contributed by atoms with Crippen molar-refractivity contribution >= 4 is 11.6 Å². The van der Waals surface area contributed by atoms with Crippen molar-refractivity contribution in [3.63, 3.8) is 0 Å². The Hall–Kier alpha value is -3.14. The normalized spacial score (nSPS) is 11.6. The average molecular weight is 332 g/mol. The third-order valence-electron chi connectivity index (χ3n) is 3.81. The van der Waals surface area contributed by atoms with Gasteiger partial charge in [-0.15, -0.1) is 0 Å². The molecule has 0 aliphatic rings. The highest BCUT2D eigenvalue weighted by Gasteiger charge is 2.23. The molecule has 4 heteroatoms. The molecule has 1 aromatic heterocycles. The molecule has 0 aliphatic heterocycles.